The molecule has 2 aliphatic rings. The van der Waals surface area contributed by atoms with Gasteiger partial charge in [-0.25, -0.2) is 0 Å². The molecule has 4 heteroatoms. The Morgan fingerprint density at radius 3 is 2.76 bits per heavy atom. The molecule has 0 radical (unpaired) electrons. The second-order valence-electron chi connectivity index (χ2n) is 5.46. The van der Waals surface area contributed by atoms with Crippen LogP contribution in [0.2, 0.25) is 0 Å². The van der Waals surface area contributed by atoms with E-state index in [1.165, 1.54) is 5.56 Å². The van der Waals surface area contributed by atoms with Crippen LogP contribution in [0.1, 0.15) is 37.6 Å². The second kappa shape index (κ2) is 4.65. The predicted molar refractivity (Wildman–Crippen MR) is 82.0 cm³/mol. The predicted octanol–water partition coefficient (Wildman–Crippen LogP) is 3.52. The van der Waals surface area contributed by atoms with E-state index in [9.17, 15) is 0 Å². The molecule has 0 unspecified atom stereocenters. The fourth-order valence-electron chi connectivity index (χ4n) is 3.14. The summed E-state index contributed by atoms with van der Waals surface area (Å²) >= 11 is 0. The van der Waals surface area contributed by atoms with Crippen LogP contribution in [0.15, 0.2) is 35.5 Å². The van der Waals surface area contributed by atoms with Crippen LogP contribution in [0.5, 0.6) is 11.5 Å². The average molecular weight is 282 g/mol. The molecule has 2 aliphatic heterocycles. The lowest BCUT2D eigenvalue weighted by Gasteiger charge is -2.23. The highest BCUT2D eigenvalue weighted by atomic mass is 16.6. The van der Waals surface area contributed by atoms with Crippen molar-refractivity contribution in [2.75, 3.05) is 13.2 Å². The van der Waals surface area contributed by atoms with Gasteiger partial charge in [-0.1, -0.05) is 6.92 Å². The van der Waals surface area contributed by atoms with Crippen molar-refractivity contribution in [3.05, 3.63) is 41.7 Å². The first-order valence-electron chi connectivity index (χ1n) is 7.44. The molecule has 4 nitrogen and oxygen atoms in total. The van der Waals surface area contributed by atoms with Crippen LogP contribution in [-0.4, -0.2) is 23.5 Å². The van der Waals surface area contributed by atoms with Crippen molar-refractivity contribution in [2.45, 2.75) is 26.3 Å². The van der Waals surface area contributed by atoms with Gasteiger partial charge in [0, 0.05) is 17.8 Å². The quantitative estimate of drug-likeness (QED) is 0.802. The van der Waals surface area contributed by atoms with E-state index in [0.717, 1.165) is 35.0 Å². The molecular weight excluding hydrogens is 264 g/mol. The van der Waals surface area contributed by atoms with E-state index in [-0.39, 0.29) is 6.04 Å². The van der Waals surface area contributed by atoms with Crippen molar-refractivity contribution in [1.82, 2.24) is 4.57 Å². The van der Waals surface area contributed by atoms with Gasteiger partial charge in [0.1, 0.15) is 13.2 Å². The summed E-state index contributed by atoms with van der Waals surface area (Å²) in [4.78, 5) is 4.90. The molecule has 21 heavy (non-hydrogen) atoms. The minimum absolute atomic E-state index is 0.163. The molecule has 3 heterocycles. The second-order valence-corrected chi connectivity index (χ2v) is 5.46. The average Bonchev–Trinajstić information content (AvgIpc) is 2.97. The van der Waals surface area contributed by atoms with Gasteiger partial charge in [-0.05, 0) is 31.5 Å². The van der Waals surface area contributed by atoms with Gasteiger partial charge < -0.3 is 14.0 Å². The van der Waals surface area contributed by atoms with Gasteiger partial charge >= 0.3 is 0 Å². The molecule has 0 saturated carbocycles. The van der Waals surface area contributed by atoms with Crippen LogP contribution in [0.3, 0.4) is 0 Å². The topological polar surface area (TPSA) is 35.8 Å². The monoisotopic (exact) mass is 282 g/mol. The smallest absolute Gasteiger partial charge is 0.163 e. The lowest BCUT2D eigenvalue weighted by Crippen LogP contribution is -2.16. The Morgan fingerprint density at radius 1 is 1.24 bits per heavy atom. The van der Waals surface area contributed by atoms with Crippen LogP contribution in [0.25, 0.3) is 5.69 Å². The van der Waals surface area contributed by atoms with E-state index in [1.807, 2.05) is 0 Å². The maximum Gasteiger partial charge on any atom is 0.163 e. The van der Waals surface area contributed by atoms with E-state index in [2.05, 4.69) is 48.9 Å². The number of hydrogen-bond donors (Lipinski definition) is 0. The zero-order valence-corrected chi connectivity index (χ0v) is 12.3. The summed E-state index contributed by atoms with van der Waals surface area (Å²) in [6.45, 7) is 5.46. The van der Waals surface area contributed by atoms with Crippen LogP contribution in [0.4, 0.5) is 0 Å². The molecule has 0 N–H and O–H groups in total. The summed E-state index contributed by atoms with van der Waals surface area (Å²) in [6, 6.07) is 8.52. The number of ether oxygens (including phenoxy) is 2. The highest BCUT2D eigenvalue weighted by molar-refractivity contribution is 5.98. The lowest BCUT2D eigenvalue weighted by atomic mass is 10.0. The highest BCUT2D eigenvalue weighted by Gasteiger charge is 2.24. The van der Waals surface area contributed by atoms with Crippen LogP contribution in [-0.2, 0) is 0 Å². The lowest BCUT2D eigenvalue weighted by molar-refractivity contribution is 0.171. The molecule has 0 amide bonds. The third-order valence-corrected chi connectivity index (χ3v) is 4.17. The normalized spacial score (nSPS) is 19.3. The van der Waals surface area contributed by atoms with Gasteiger partial charge in [-0.15, -0.1) is 0 Å². The molecule has 0 fully saturated rings. The Kier molecular flexibility index (Phi) is 2.77. The molecule has 1 atom stereocenters. The molecule has 0 aliphatic carbocycles. The van der Waals surface area contributed by atoms with Crippen LogP contribution < -0.4 is 9.47 Å². The van der Waals surface area contributed by atoms with Crippen molar-refractivity contribution < 1.29 is 9.47 Å². The fourth-order valence-corrected chi connectivity index (χ4v) is 3.14. The first-order chi connectivity index (χ1) is 10.3. The Hall–Kier alpha value is -2.23. The molecule has 0 saturated heterocycles. The zero-order valence-electron chi connectivity index (χ0n) is 12.3. The molecule has 1 aromatic carbocycles. The Bertz CT molecular complexity index is 730. The van der Waals surface area contributed by atoms with E-state index >= 15 is 0 Å². The maximum atomic E-state index is 5.74. The van der Waals surface area contributed by atoms with Crippen molar-refractivity contribution in [3.63, 3.8) is 0 Å². The molecular formula is C17H18N2O2. The minimum Gasteiger partial charge on any atom is -0.486 e. The number of benzene rings is 1. The summed E-state index contributed by atoms with van der Waals surface area (Å²) in [5.74, 6) is 1.66. The minimum atomic E-state index is 0.163. The summed E-state index contributed by atoms with van der Waals surface area (Å²) in [5, 5.41) is 0. The van der Waals surface area contributed by atoms with Crippen molar-refractivity contribution >= 4 is 5.71 Å². The van der Waals surface area contributed by atoms with E-state index < -0.39 is 0 Å². The first kappa shape index (κ1) is 12.5. The highest BCUT2D eigenvalue weighted by Crippen LogP contribution is 2.40. The zero-order chi connectivity index (χ0) is 14.4. The van der Waals surface area contributed by atoms with Gasteiger partial charge in [0.25, 0.3) is 0 Å². The van der Waals surface area contributed by atoms with Gasteiger partial charge in [0.2, 0.25) is 0 Å². The maximum absolute atomic E-state index is 5.74. The number of hydrogen-bond acceptors (Lipinski definition) is 3. The largest absolute Gasteiger partial charge is 0.486 e. The van der Waals surface area contributed by atoms with E-state index in [4.69, 9.17) is 14.5 Å². The third kappa shape index (κ3) is 1.86. The van der Waals surface area contributed by atoms with Gasteiger partial charge in [-0.3, -0.25) is 4.99 Å². The first-order valence-corrected chi connectivity index (χ1v) is 7.44. The number of aromatic nitrogens is 1. The number of fused-ring (bicyclic) bond motifs is 4. The molecule has 2 aromatic rings. The Labute approximate surface area is 124 Å². The molecule has 0 spiro atoms. The van der Waals surface area contributed by atoms with Crippen molar-refractivity contribution in [2.24, 2.45) is 4.99 Å². The van der Waals surface area contributed by atoms with Gasteiger partial charge in [0.15, 0.2) is 11.5 Å². The SMILES string of the molecule is CC[C@@H]1N=C(C)c2cccn2-c2cc3c(cc21)OCCO3. The molecule has 4 rings (SSSR count). The van der Waals surface area contributed by atoms with Crippen molar-refractivity contribution in [1.29, 1.82) is 0 Å². The summed E-state index contributed by atoms with van der Waals surface area (Å²) in [7, 11) is 0. The summed E-state index contributed by atoms with van der Waals surface area (Å²) in [6.07, 6.45) is 3.05. The Balaban J connectivity index is 1.99. The standard InChI is InChI=1S/C17H18N2O2/c1-3-13-12-9-16-17(21-8-7-20-16)10-15(12)19-6-4-5-14(19)11(2)18-13/h4-6,9-10,13H,3,7-8H2,1-2H3/t13-/m0/s1. The van der Waals surface area contributed by atoms with Gasteiger partial charge in [-0.2, -0.15) is 0 Å². The summed E-state index contributed by atoms with van der Waals surface area (Å²) in [5.41, 5.74) is 4.56. The number of nitrogens with zero attached hydrogens (tertiary/aromatic N) is 2. The van der Waals surface area contributed by atoms with Crippen molar-refractivity contribution in [3.8, 4) is 17.2 Å². The fraction of sp³-hybridized carbons (Fsp3) is 0.353. The molecule has 1 aromatic heterocycles. The number of rotatable bonds is 1. The summed E-state index contributed by atoms with van der Waals surface area (Å²) < 4.78 is 13.7. The van der Waals surface area contributed by atoms with Gasteiger partial charge in [0.05, 0.1) is 23.1 Å². The van der Waals surface area contributed by atoms with Crippen LogP contribution in [0, 0.1) is 0 Å². The van der Waals surface area contributed by atoms with E-state index in [1.54, 1.807) is 0 Å². The van der Waals surface area contributed by atoms with Crippen LogP contribution >= 0.6 is 0 Å². The van der Waals surface area contributed by atoms with E-state index in [0.29, 0.717) is 13.2 Å². The number of aliphatic imine (C=N–C) groups is 1. The Morgan fingerprint density at radius 2 is 2.00 bits per heavy atom. The molecule has 0 bridgehead atoms. The third-order valence-electron chi connectivity index (χ3n) is 4.17. The molecule has 108 valence electrons.